The number of hydrogen-bond donors (Lipinski definition) is 1. The molecule has 0 saturated heterocycles. The Balaban J connectivity index is 2.26. The summed E-state index contributed by atoms with van der Waals surface area (Å²) in [5, 5.41) is 3.86. The molecule has 0 fully saturated rings. The van der Waals surface area contributed by atoms with Gasteiger partial charge in [0.05, 0.1) is 11.7 Å². The number of nitrogens with zero attached hydrogens (tertiary/aromatic N) is 3. The van der Waals surface area contributed by atoms with Gasteiger partial charge in [0.2, 0.25) is 5.76 Å². The number of nitrogens with two attached hydrogens (primary N) is 1. The smallest absolute Gasteiger partial charge is 0.295 e. The van der Waals surface area contributed by atoms with Gasteiger partial charge in [0, 0.05) is 6.92 Å². The Morgan fingerprint density at radius 1 is 1.29 bits per heavy atom. The minimum atomic E-state index is -0.193. The summed E-state index contributed by atoms with van der Waals surface area (Å²) in [7, 11) is 0. The Morgan fingerprint density at radius 3 is 2.65 bits per heavy atom. The van der Waals surface area contributed by atoms with Gasteiger partial charge in [-0.25, -0.2) is 4.98 Å². The van der Waals surface area contributed by atoms with Crippen LogP contribution < -0.4 is 5.73 Å². The third-order valence-electron chi connectivity index (χ3n) is 2.47. The quantitative estimate of drug-likeness (QED) is 0.874. The fraction of sp³-hybridized carbons (Fsp3) is 0.545. The summed E-state index contributed by atoms with van der Waals surface area (Å²) in [5.74, 6) is 1.94. The van der Waals surface area contributed by atoms with Crippen LogP contribution in [0.1, 0.15) is 43.2 Å². The van der Waals surface area contributed by atoms with E-state index in [1.54, 1.807) is 6.92 Å². The molecule has 6 nitrogen and oxygen atoms in total. The fourth-order valence-corrected chi connectivity index (χ4v) is 1.65. The molecule has 0 amide bonds. The molecule has 17 heavy (non-hydrogen) atoms. The van der Waals surface area contributed by atoms with E-state index in [1.807, 2.05) is 6.92 Å². The number of hydrogen-bond acceptors (Lipinski definition) is 6. The Bertz CT molecular complexity index is 503. The van der Waals surface area contributed by atoms with E-state index in [0.717, 1.165) is 18.5 Å². The highest BCUT2D eigenvalue weighted by molar-refractivity contribution is 5.47. The SMILES string of the molecule is CCCC(N)c1noc(-c2oc(C)nc2C)n1. The lowest BCUT2D eigenvalue weighted by Gasteiger charge is -2.02. The van der Waals surface area contributed by atoms with Gasteiger partial charge in [-0.2, -0.15) is 4.98 Å². The average molecular weight is 236 g/mol. The van der Waals surface area contributed by atoms with Crippen LogP contribution in [0.3, 0.4) is 0 Å². The van der Waals surface area contributed by atoms with Gasteiger partial charge in [-0.05, 0) is 13.3 Å². The summed E-state index contributed by atoms with van der Waals surface area (Å²) in [6.45, 7) is 5.67. The van der Waals surface area contributed by atoms with Gasteiger partial charge < -0.3 is 14.7 Å². The maximum atomic E-state index is 5.91. The lowest BCUT2D eigenvalue weighted by molar-refractivity contribution is 0.399. The van der Waals surface area contributed by atoms with Gasteiger partial charge in [-0.1, -0.05) is 18.5 Å². The second-order valence-electron chi connectivity index (χ2n) is 4.00. The van der Waals surface area contributed by atoms with E-state index in [9.17, 15) is 0 Å². The monoisotopic (exact) mass is 236 g/mol. The molecule has 2 aromatic rings. The molecule has 92 valence electrons. The second-order valence-corrected chi connectivity index (χ2v) is 4.00. The average Bonchev–Trinajstić information content (AvgIpc) is 2.85. The Hall–Kier alpha value is -1.69. The first-order valence-electron chi connectivity index (χ1n) is 5.65. The topological polar surface area (TPSA) is 91.0 Å². The summed E-state index contributed by atoms with van der Waals surface area (Å²) in [5.41, 5.74) is 6.65. The van der Waals surface area contributed by atoms with Crippen molar-refractivity contribution in [2.24, 2.45) is 5.73 Å². The predicted octanol–water partition coefficient (Wildman–Crippen LogP) is 2.14. The largest absolute Gasteiger partial charge is 0.436 e. The summed E-state index contributed by atoms with van der Waals surface area (Å²) in [6.07, 6.45) is 1.80. The number of aromatic nitrogens is 3. The first kappa shape index (κ1) is 11.8. The minimum Gasteiger partial charge on any atom is -0.436 e. The highest BCUT2D eigenvalue weighted by Crippen LogP contribution is 2.24. The van der Waals surface area contributed by atoms with Gasteiger partial charge >= 0.3 is 0 Å². The maximum Gasteiger partial charge on any atom is 0.295 e. The van der Waals surface area contributed by atoms with E-state index < -0.39 is 0 Å². The summed E-state index contributed by atoms with van der Waals surface area (Å²) >= 11 is 0. The fourth-order valence-electron chi connectivity index (χ4n) is 1.65. The van der Waals surface area contributed by atoms with E-state index in [-0.39, 0.29) is 6.04 Å². The van der Waals surface area contributed by atoms with E-state index in [4.69, 9.17) is 14.7 Å². The van der Waals surface area contributed by atoms with Crippen molar-refractivity contribution in [3.05, 3.63) is 17.4 Å². The molecule has 0 bridgehead atoms. The lowest BCUT2D eigenvalue weighted by Crippen LogP contribution is -2.11. The highest BCUT2D eigenvalue weighted by Gasteiger charge is 2.19. The number of oxazole rings is 1. The van der Waals surface area contributed by atoms with Crippen LogP contribution in [0.5, 0.6) is 0 Å². The third kappa shape index (κ3) is 2.36. The third-order valence-corrected chi connectivity index (χ3v) is 2.47. The predicted molar refractivity (Wildman–Crippen MR) is 61.1 cm³/mol. The molecule has 2 rings (SSSR count). The molecule has 0 radical (unpaired) electrons. The molecule has 1 unspecified atom stereocenters. The highest BCUT2D eigenvalue weighted by atomic mass is 16.5. The van der Waals surface area contributed by atoms with Gasteiger partial charge in [0.15, 0.2) is 11.7 Å². The van der Waals surface area contributed by atoms with Crippen molar-refractivity contribution in [1.82, 2.24) is 15.1 Å². The standard InChI is InChI=1S/C11H16N4O2/c1-4-5-8(12)10-14-11(17-15-10)9-6(2)13-7(3)16-9/h8H,4-5,12H2,1-3H3. The van der Waals surface area contributed by atoms with Crippen molar-refractivity contribution in [2.75, 3.05) is 0 Å². The Morgan fingerprint density at radius 2 is 2.06 bits per heavy atom. The minimum absolute atomic E-state index is 0.193. The molecule has 0 aliphatic carbocycles. The Labute approximate surface area is 99.2 Å². The van der Waals surface area contributed by atoms with Gasteiger partial charge in [-0.3, -0.25) is 0 Å². The molecule has 0 aliphatic heterocycles. The number of aryl methyl sites for hydroxylation is 2. The molecule has 2 aromatic heterocycles. The van der Waals surface area contributed by atoms with Crippen molar-refractivity contribution >= 4 is 0 Å². The molecule has 2 heterocycles. The summed E-state index contributed by atoms with van der Waals surface area (Å²) < 4.78 is 10.5. The Kier molecular flexibility index (Phi) is 3.23. The zero-order valence-corrected chi connectivity index (χ0v) is 10.2. The van der Waals surface area contributed by atoms with Gasteiger partial charge in [0.1, 0.15) is 0 Å². The maximum absolute atomic E-state index is 5.91. The first-order chi connectivity index (χ1) is 8.11. The molecule has 1 atom stereocenters. The van der Waals surface area contributed by atoms with Crippen LogP contribution in [0.4, 0.5) is 0 Å². The molecular formula is C11H16N4O2. The summed E-state index contributed by atoms with van der Waals surface area (Å²) in [6, 6.07) is -0.193. The van der Waals surface area contributed by atoms with Crippen LogP contribution in [-0.2, 0) is 0 Å². The first-order valence-corrected chi connectivity index (χ1v) is 5.65. The van der Waals surface area contributed by atoms with E-state index in [2.05, 4.69) is 22.0 Å². The van der Waals surface area contributed by atoms with E-state index in [0.29, 0.717) is 23.4 Å². The van der Waals surface area contributed by atoms with E-state index >= 15 is 0 Å². The van der Waals surface area contributed by atoms with Crippen molar-refractivity contribution in [1.29, 1.82) is 0 Å². The van der Waals surface area contributed by atoms with Crippen LogP contribution in [0.2, 0.25) is 0 Å². The zero-order chi connectivity index (χ0) is 12.4. The molecule has 6 heteroatoms. The molecule has 0 spiro atoms. The van der Waals surface area contributed by atoms with Crippen LogP contribution in [0, 0.1) is 13.8 Å². The van der Waals surface area contributed by atoms with Crippen molar-refractivity contribution < 1.29 is 8.94 Å². The van der Waals surface area contributed by atoms with Crippen LogP contribution in [-0.4, -0.2) is 15.1 Å². The van der Waals surface area contributed by atoms with E-state index in [1.165, 1.54) is 0 Å². The van der Waals surface area contributed by atoms with Crippen LogP contribution in [0.15, 0.2) is 8.94 Å². The van der Waals surface area contributed by atoms with Crippen molar-refractivity contribution in [3.63, 3.8) is 0 Å². The van der Waals surface area contributed by atoms with Crippen molar-refractivity contribution in [2.45, 2.75) is 39.7 Å². The van der Waals surface area contributed by atoms with Crippen LogP contribution in [0.25, 0.3) is 11.7 Å². The summed E-state index contributed by atoms with van der Waals surface area (Å²) in [4.78, 5) is 8.39. The van der Waals surface area contributed by atoms with Gasteiger partial charge in [0.25, 0.3) is 5.89 Å². The zero-order valence-electron chi connectivity index (χ0n) is 10.2. The molecule has 2 N–H and O–H groups in total. The van der Waals surface area contributed by atoms with Gasteiger partial charge in [-0.15, -0.1) is 0 Å². The van der Waals surface area contributed by atoms with Crippen molar-refractivity contribution in [3.8, 4) is 11.7 Å². The number of rotatable bonds is 4. The molecule has 0 saturated carbocycles. The normalized spacial score (nSPS) is 12.9. The second kappa shape index (κ2) is 4.67. The lowest BCUT2D eigenvalue weighted by atomic mass is 10.2. The van der Waals surface area contributed by atoms with Crippen LogP contribution >= 0.6 is 0 Å². The molecule has 0 aliphatic rings. The molecular weight excluding hydrogens is 220 g/mol. The molecule has 0 aromatic carbocycles.